The van der Waals surface area contributed by atoms with E-state index in [9.17, 15) is 14.1 Å². The molecule has 0 amide bonds. The molecule has 49 heteroatoms. The standard InChI is InChI=1S/4C4H6N6.CH2N.8BrH.ClHO4.6FH.4Os.Sb/c4*1-5-6-2-9(1)10-3-7-8-4-10;1-2;;;;;;;;;2-1(3,4)5;;;;;;;;;;;/h4*1-5,7H;1H2;8*1H;(H,2,3,4,5);6*1H;;;;;/q4*-2;-1;;;;;;;;;;;;;;;;4*+2;+5/p-15. The molecule has 8 rings (SSSR count). The Morgan fingerprint density at radius 2 is 0.470 bits per heavy atom. The van der Waals surface area contributed by atoms with Gasteiger partial charge in [-0.05, 0) is 0 Å². The molecule has 0 aromatic heterocycles. The van der Waals surface area contributed by atoms with Crippen molar-refractivity contribution in [2.24, 2.45) is 40.8 Å². The SMILES string of the molecule is C1=NN[CH-]N1N1C=NN[CH-]1.C1=NN[CH-]N1N1C=NN[CH-]1.C1=NN[CH-]N1N1C=NN[CH-]1.C1=NN[CH-]N1N1C=NN[CH-]1.C=[N-].[Br][Os][Br].[Br][Os][Br].[Br][Os][Br].[Br][Os][Br].[F-].[F][Sb]([F])([F])([F])[F].[O-][Cl+3]([O-])([O-])[O-]. The first-order valence-corrected chi connectivity index (χ1v) is 64.4. The van der Waals surface area contributed by atoms with Gasteiger partial charge in [-0.3, -0.25) is 0 Å². The van der Waals surface area contributed by atoms with Crippen molar-refractivity contribution in [3.63, 3.8) is 0 Å². The largest absolute Gasteiger partial charge is 0.222 e. The van der Waals surface area contributed by atoms with Crippen LogP contribution in [0.3, 0.4) is 0 Å². The van der Waals surface area contributed by atoms with Gasteiger partial charge in [0.25, 0.3) is 0 Å². The third-order valence-electron chi connectivity index (χ3n) is 4.59. The number of hydrazine groups is 4. The summed E-state index contributed by atoms with van der Waals surface area (Å²) in [5, 5.41) is 50.7. The maximum Gasteiger partial charge on any atom is -0.112 e. The third kappa shape index (κ3) is 49.7. The van der Waals surface area contributed by atoms with Gasteiger partial charge in [0, 0.05) is 0 Å². The molecular weight excluding hydrogens is 2290 g/mol. The van der Waals surface area contributed by atoms with Gasteiger partial charge in [-0.15, -0.1) is 63.6 Å². The minimum absolute atomic E-state index is 0. The van der Waals surface area contributed by atoms with E-state index in [0.29, 0.717) is 0 Å². The molecule has 0 aromatic carbocycles. The van der Waals surface area contributed by atoms with Crippen LogP contribution in [0.2, 0.25) is 0 Å². The van der Waals surface area contributed by atoms with E-state index in [1.54, 1.807) is 144 Å². The van der Waals surface area contributed by atoms with Gasteiger partial charge in [0.1, 0.15) is 0 Å². The summed E-state index contributed by atoms with van der Waals surface area (Å²) in [5.41, 5.74) is 21.3. The molecule has 8 aliphatic heterocycles. The van der Waals surface area contributed by atoms with Gasteiger partial charge < -0.3 is 93.6 Å². The van der Waals surface area contributed by atoms with Crippen molar-refractivity contribution in [2.45, 2.75) is 0 Å². The summed E-state index contributed by atoms with van der Waals surface area (Å²) in [6.07, 6.45) is 13.1. The first-order valence-electron chi connectivity index (χ1n) is 13.9. The van der Waals surface area contributed by atoms with Crippen LogP contribution in [-0.2, 0) is 53.8 Å². The molecule has 0 unspecified atom stereocenters. The molecule has 8 aliphatic rings. The number of nitrogens with zero attached hydrogens (tertiary/aromatic N) is 17. The van der Waals surface area contributed by atoms with Crippen molar-refractivity contribution >= 4 is 186 Å². The second-order valence-corrected chi connectivity index (χ2v) is 57.1. The molecule has 396 valence electrons. The Hall–Kier alpha value is 0.744. The summed E-state index contributed by atoms with van der Waals surface area (Å²) in [6, 6.07) is 0. The smallest absolute Gasteiger partial charge is 0.112 e. The number of rotatable bonds is 4. The molecule has 0 spiro atoms. The molecule has 0 saturated heterocycles. The first kappa shape index (κ1) is 73.3. The second kappa shape index (κ2) is 46.8. The van der Waals surface area contributed by atoms with Crippen LogP contribution in [0, 0.1) is 63.6 Å². The molecular formula is C17H26Br8ClF6N25O4Os4Sb-11. The molecule has 0 atom stereocenters. The number of hydrazone groups is 8. The van der Waals surface area contributed by atoms with E-state index in [1.165, 1.54) is 0 Å². The van der Waals surface area contributed by atoms with Crippen molar-refractivity contribution < 1.29 is 101 Å². The Labute approximate surface area is 464 Å². The molecule has 0 saturated carbocycles. The summed E-state index contributed by atoms with van der Waals surface area (Å²) in [7, 11) is -4.94. The van der Waals surface area contributed by atoms with Crippen molar-refractivity contribution in [1.82, 2.24) is 83.5 Å². The van der Waals surface area contributed by atoms with Gasteiger partial charge in [-0.2, -0.15) is 0 Å². The van der Waals surface area contributed by atoms with Crippen LogP contribution in [0.4, 0.5) is 14.1 Å². The minimum Gasteiger partial charge on any atom is -0.222 e. The van der Waals surface area contributed by atoms with Crippen LogP contribution in [0.5, 0.6) is 0 Å². The average Bonchev–Trinajstić information content (AvgIpc) is 4.08. The predicted octanol–water partition coefficient (Wildman–Crippen LogP) is -3.67. The molecule has 0 aromatic rings. The molecule has 8 N–H and O–H groups in total. The summed E-state index contributed by atoms with van der Waals surface area (Å²) >= 11 is 16.6. The van der Waals surface area contributed by atoms with Crippen LogP contribution in [0.15, 0.2) is 40.8 Å². The van der Waals surface area contributed by atoms with E-state index < -0.39 is 30.5 Å². The Balaban J connectivity index is -0.000000334. The van der Waals surface area contributed by atoms with E-state index in [1.807, 2.05) is 0 Å². The zero-order chi connectivity index (χ0) is 50.0. The van der Waals surface area contributed by atoms with Gasteiger partial charge in [0.15, 0.2) is 0 Å². The maximum atomic E-state index is 9.91. The zero-order valence-corrected chi connectivity index (χ0v) is 56.9. The average molecular weight is 2320 g/mol. The summed E-state index contributed by atoms with van der Waals surface area (Å²) in [6.45, 7) is 15.9. The maximum absolute atomic E-state index is 9.91. The van der Waals surface area contributed by atoms with E-state index >= 15 is 0 Å². The van der Waals surface area contributed by atoms with Gasteiger partial charge >= 0.3 is 197 Å². The summed E-state index contributed by atoms with van der Waals surface area (Å²) in [4.78, 5) is 0. The fourth-order valence-corrected chi connectivity index (χ4v) is 2.76. The number of halogens is 15. The van der Waals surface area contributed by atoms with Gasteiger partial charge in [0.05, 0.1) is 50.7 Å². The predicted molar refractivity (Wildman–Crippen MR) is 235 cm³/mol. The third-order valence-corrected chi connectivity index (χ3v) is 4.59. The quantitative estimate of drug-likeness (QED) is 0.0582. The monoisotopic (exact) mass is 2310 g/mol. The molecule has 0 bridgehead atoms. The zero-order valence-electron chi connectivity index (χ0n) is 30.7. The van der Waals surface area contributed by atoms with E-state index in [-0.39, 0.29) is 58.5 Å². The molecule has 0 aliphatic carbocycles. The van der Waals surface area contributed by atoms with Crippen LogP contribution in [0.1, 0.15) is 0 Å². The van der Waals surface area contributed by atoms with Crippen LogP contribution >= 0.6 is 108 Å². The van der Waals surface area contributed by atoms with E-state index in [0.717, 1.165) is 0 Å². The summed E-state index contributed by atoms with van der Waals surface area (Å²) < 4.78 is 83.5. The number of hydrogen-bond acceptors (Lipinski definition) is 28. The Morgan fingerprint density at radius 1 is 0.394 bits per heavy atom. The molecule has 0 fully saturated rings. The second-order valence-electron chi connectivity index (χ2n) is 8.28. The topological polar surface area (TPSA) is 336 Å². The minimum atomic E-state index is -9.19. The Morgan fingerprint density at radius 3 is 0.515 bits per heavy atom. The molecule has 0 radical (unpaired) electrons. The summed E-state index contributed by atoms with van der Waals surface area (Å²) in [5.74, 6) is 0. The van der Waals surface area contributed by atoms with Crippen molar-refractivity contribution in [1.29, 1.82) is 0 Å². The fourth-order valence-electron chi connectivity index (χ4n) is 2.76. The molecule has 29 nitrogen and oxygen atoms in total. The normalized spacial score (nSPS) is 17.1. The Bertz CT molecular complexity index is 1170. The van der Waals surface area contributed by atoms with Crippen LogP contribution < -0.4 is 66.7 Å². The first-order chi connectivity index (χ1) is 30.8. The van der Waals surface area contributed by atoms with Gasteiger partial charge in [0.2, 0.25) is 0 Å². The van der Waals surface area contributed by atoms with Crippen molar-refractivity contribution in [2.75, 3.05) is 0 Å². The Kier molecular flexibility index (Phi) is 52.0. The van der Waals surface area contributed by atoms with Crippen LogP contribution in [-0.4, -0.2) is 118 Å². The van der Waals surface area contributed by atoms with Gasteiger partial charge in [-0.1, -0.05) is 0 Å². The van der Waals surface area contributed by atoms with E-state index in [2.05, 4.69) is 199 Å². The van der Waals surface area contributed by atoms with Crippen molar-refractivity contribution in [3.05, 3.63) is 58.8 Å². The fraction of sp³-hybridized carbons (Fsp3) is 0. The van der Waals surface area contributed by atoms with Gasteiger partial charge in [-0.25, -0.2) is 66.2 Å². The molecule has 66 heavy (non-hydrogen) atoms. The van der Waals surface area contributed by atoms with E-state index in [4.69, 9.17) is 24.0 Å². The van der Waals surface area contributed by atoms with Crippen molar-refractivity contribution in [3.8, 4) is 0 Å². The molecule has 8 heterocycles. The van der Waals surface area contributed by atoms with Crippen LogP contribution in [0.25, 0.3) is 5.41 Å². The number of nitrogens with one attached hydrogen (secondary N) is 8. The number of hydrogen-bond donors (Lipinski definition) is 8.